The first kappa shape index (κ1) is 26.3. The van der Waals surface area contributed by atoms with Crippen LogP contribution in [-0.2, 0) is 24.1 Å². The molecule has 188 valence electrons. The maximum absolute atomic E-state index is 13.3. The number of carbonyl (C=O) groups excluding carboxylic acids is 1. The predicted molar refractivity (Wildman–Crippen MR) is 116 cm³/mol. The first-order chi connectivity index (χ1) is 16.3. The molecule has 35 heavy (non-hydrogen) atoms. The van der Waals surface area contributed by atoms with Gasteiger partial charge in [0.1, 0.15) is 6.54 Å². The zero-order valence-corrected chi connectivity index (χ0v) is 18.9. The average Bonchev–Trinajstić information content (AvgIpc) is 3.06. The number of aromatic nitrogens is 3. The van der Waals surface area contributed by atoms with Gasteiger partial charge < -0.3 is 5.32 Å². The highest BCUT2D eigenvalue weighted by molar-refractivity contribution is 6.30. The lowest BCUT2D eigenvalue weighted by Crippen LogP contribution is -2.35. The Morgan fingerprint density at radius 2 is 1.69 bits per heavy atom. The zero-order chi connectivity index (χ0) is 26.0. The van der Waals surface area contributed by atoms with Gasteiger partial charge in [-0.15, -0.1) is 5.10 Å². The Labute approximate surface area is 200 Å². The van der Waals surface area contributed by atoms with Crippen LogP contribution in [-0.4, -0.2) is 26.4 Å². The molecule has 1 atom stereocenters. The second-order valence-corrected chi connectivity index (χ2v) is 8.10. The van der Waals surface area contributed by atoms with Crippen molar-refractivity contribution in [2.24, 2.45) is 0 Å². The number of nitrogens with zero attached hydrogens (tertiary/aromatic N) is 3. The smallest absolute Gasteiger partial charge is 0.348 e. The van der Waals surface area contributed by atoms with Crippen molar-refractivity contribution in [1.29, 1.82) is 0 Å². The van der Waals surface area contributed by atoms with Crippen LogP contribution in [0.1, 0.15) is 30.5 Å². The van der Waals surface area contributed by atoms with Gasteiger partial charge in [0.25, 0.3) is 0 Å². The lowest BCUT2D eigenvalue weighted by atomic mass is 10.0. The summed E-state index contributed by atoms with van der Waals surface area (Å²) in [5.41, 5.74) is -1.79. The zero-order valence-electron chi connectivity index (χ0n) is 18.1. The third-order valence-corrected chi connectivity index (χ3v) is 5.30. The molecule has 3 rings (SSSR count). The topological polar surface area (TPSA) is 68.9 Å². The summed E-state index contributed by atoms with van der Waals surface area (Å²) in [5, 5.41) is 6.73. The largest absolute Gasteiger partial charge is 0.416 e. The number of halogens is 7. The van der Waals surface area contributed by atoms with E-state index >= 15 is 0 Å². The molecule has 0 spiro atoms. The maximum atomic E-state index is 13.3. The van der Waals surface area contributed by atoms with Gasteiger partial charge in [-0.1, -0.05) is 29.8 Å². The van der Waals surface area contributed by atoms with E-state index in [-0.39, 0.29) is 11.4 Å². The molecule has 3 aromatic rings. The van der Waals surface area contributed by atoms with E-state index in [1.165, 1.54) is 49.4 Å². The van der Waals surface area contributed by atoms with Gasteiger partial charge in [0.15, 0.2) is 5.82 Å². The fourth-order valence-corrected chi connectivity index (χ4v) is 3.56. The van der Waals surface area contributed by atoms with Crippen LogP contribution in [0.4, 0.5) is 26.3 Å². The predicted octanol–water partition coefficient (Wildman–Crippen LogP) is 5.21. The van der Waals surface area contributed by atoms with Gasteiger partial charge >= 0.3 is 18.0 Å². The van der Waals surface area contributed by atoms with Crippen LogP contribution in [0.25, 0.3) is 11.4 Å². The van der Waals surface area contributed by atoms with Crippen molar-refractivity contribution in [2.45, 2.75) is 44.8 Å². The fraction of sp³-hybridized carbons (Fsp3) is 0.318. The van der Waals surface area contributed by atoms with Crippen molar-refractivity contribution >= 4 is 17.5 Å². The van der Waals surface area contributed by atoms with E-state index in [2.05, 4.69) is 10.4 Å². The van der Waals surface area contributed by atoms with Gasteiger partial charge in [-0.3, -0.25) is 9.36 Å². The van der Waals surface area contributed by atoms with Gasteiger partial charge in [-0.2, -0.15) is 26.3 Å². The Morgan fingerprint density at radius 1 is 1.06 bits per heavy atom. The monoisotopic (exact) mass is 520 g/mol. The highest BCUT2D eigenvalue weighted by atomic mass is 35.5. The molecule has 0 fully saturated rings. The second-order valence-electron chi connectivity index (χ2n) is 7.66. The van der Waals surface area contributed by atoms with E-state index in [0.717, 1.165) is 10.6 Å². The minimum absolute atomic E-state index is 0.112. The molecule has 0 saturated heterocycles. The Balaban J connectivity index is 1.86. The highest BCUT2D eigenvalue weighted by Crippen LogP contribution is 2.34. The van der Waals surface area contributed by atoms with Crippen molar-refractivity contribution in [3.8, 4) is 11.4 Å². The average molecular weight is 521 g/mol. The summed E-state index contributed by atoms with van der Waals surface area (Å²) in [6.45, 7) is -0.111. The van der Waals surface area contributed by atoms with E-state index in [9.17, 15) is 35.9 Å². The Morgan fingerprint density at radius 3 is 2.29 bits per heavy atom. The number of rotatable bonds is 7. The summed E-state index contributed by atoms with van der Waals surface area (Å²) >= 11 is 5.84. The molecule has 1 heterocycles. The quantitative estimate of drug-likeness (QED) is 0.435. The number of alkyl halides is 6. The number of hydrogen-bond acceptors (Lipinski definition) is 3. The van der Waals surface area contributed by atoms with Crippen LogP contribution in [0.3, 0.4) is 0 Å². The molecule has 0 aliphatic heterocycles. The van der Waals surface area contributed by atoms with Crippen LogP contribution >= 0.6 is 11.6 Å². The summed E-state index contributed by atoms with van der Waals surface area (Å²) in [4.78, 5) is 25.3. The molecular weight excluding hydrogens is 502 g/mol. The molecular formula is C22H19ClF6N4O2. The molecule has 2 aromatic carbocycles. The van der Waals surface area contributed by atoms with E-state index in [1.807, 2.05) is 0 Å². The first-order valence-corrected chi connectivity index (χ1v) is 10.6. The van der Waals surface area contributed by atoms with Crippen molar-refractivity contribution < 1.29 is 31.1 Å². The Hall–Kier alpha value is -3.28. The van der Waals surface area contributed by atoms with Gasteiger partial charge in [-0.05, 0) is 42.8 Å². The van der Waals surface area contributed by atoms with Crippen LogP contribution in [0.15, 0.2) is 53.3 Å². The minimum atomic E-state index is -4.64. The van der Waals surface area contributed by atoms with Crippen LogP contribution in [0.2, 0.25) is 5.02 Å². The summed E-state index contributed by atoms with van der Waals surface area (Å²) in [6, 6.07) is 9.45. The lowest BCUT2D eigenvalue weighted by molar-refractivity contribution is -0.139. The number of amides is 1. The van der Waals surface area contributed by atoms with Crippen LogP contribution in [0.5, 0.6) is 0 Å². The third-order valence-electron chi connectivity index (χ3n) is 5.05. The number of nitrogens with one attached hydrogen (secondary N) is 1. The molecule has 0 bridgehead atoms. The summed E-state index contributed by atoms with van der Waals surface area (Å²) < 4.78 is 79.7. The second kappa shape index (κ2) is 10.1. The van der Waals surface area contributed by atoms with Crippen molar-refractivity contribution in [3.05, 3.63) is 75.2 Å². The van der Waals surface area contributed by atoms with Crippen LogP contribution in [0, 0.1) is 0 Å². The molecule has 1 unspecified atom stereocenters. The third kappa shape index (κ3) is 6.65. The SMILES string of the molecule is CC(NC(=O)Cn1nc(-c2ccc(Cl)cc2)n(CCC(F)(F)F)c1=O)c1ccccc1C(F)(F)F. The standard InChI is InChI=1S/C22H19ClF6N4O2/c1-13(16-4-2-3-5-17(16)22(27,28)29)30-18(34)12-33-20(35)32(11-10-21(24,25)26)19(31-33)14-6-8-15(23)9-7-14/h2-9,13H,10-12H2,1H3,(H,30,34). The number of carbonyl (C=O) groups is 1. The van der Waals surface area contributed by atoms with E-state index in [4.69, 9.17) is 11.6 Å². The number of hydrogen-bond donors (Lipinski definition) is 1. The van der Waals surface area contributed by atoms with Gasteiger partial charge in [-0.25, -0.2) is 9.48 Å². The summed E-state index contributed by atoms with van der Waals surface area (Å²) in [7, 11) is 0. The Bertz CT molecular complexity index is 1250. The molecule has 1 amide bonds. The normalized spacial score (nSPS) is 13.0. The van der Waals surface area contributed by atoms with Gasteiger partial charge in [0.2, 0.25) is 5.91 Å². The Kier molecular flexibility index (Phi) is 7.63. The van der Waals surface area contributed by atoms with E-state index in [0.29, 0.717) is 15.3 Å². The first-order valence-electron chi connectivity index (χ1n) is 10.2. The molecule has 0 aliphatic rings. The summed E-state index contributed by atoms with van der Waals surface area (Å²) in [5.74, 6) is -0.959. The van der Waals surface area contributed by atoms with Gasteiger partial charge in [0.05, 0.1) is 18.0 Å². The molecule has 0 saturated carbocycles. The maximum Gasteiger partial charge on any atom is 0.416 e. The van der Waals surface area contributed by atoms with Crippen LogP contribution < -0.4 is 11.0 Å². The molecule has 13 heteroatoms. The summed E-state index contributed by atoms with van der Waals surface area (Å²) in [6.07, 6.45) is -10.5. The molecule has 0 radical (unpaired) electrons. The molecule has 1 aromatic heterocycles. The number of benzene rings is 2. The molecule has 0 aliphatic carbocycles. The lowest BCUT2D eigenvalue weighted by Gasteiger charge is -2.19. The fourth-order valence-electron chi connectivity index (χ4n) is 3.43. The van der Waals surface area contributed by atoms with E-state index < -0.39 is 55.1 Å². The minimum Gasteiger partial charge on any atom is -0.348 e. The highest BCUT2D eigenvalue weighted by Gasteiger charge is 2.34. The molecule has 1 N–H and O–H groups in total. The molecule has 6 nitrogen and oxygen atoms in total. The van der Waals surface area contributed by atoms with E-state index in [1.54, 1.807) is 0 Å². The van der Waals surface area contributed by atoms with Crippen molar-refractivity contribution in [3.63, 3.8) is 0 Å². The van der Waals surface area contributed by atoms with Gasteiger partial charge in [0, 0.05) is 17.1 Å². The van der Waals surface area contributed by atoms with Crippen molar-refractivity contribution in [1.82, 2.24) is 19.7 Å². The van der Waals surface area contributed by atoms with Crippen molar-refractivity contribution in [2.75, 3.05) is 0 Å².